The Balaban J connectivity index is 1.52. The molecule has 30 heavy (non-hydrogen) atoms. The number of allylic oxidation sites excluding steroid dienone is 3. The van der Waals surface area contributed by atoms with Gasteiger partial charge in [0, 0.05) is 6.42 Å². The highest BCUT2D eigenvalue weighted by atomic mass is 16.3. The third kappa shape index (κ3) is 3.84. The van der Waals surface area contributed by atoms with E-state index < -0.39 is 11.7 Å². The van der Waals surface area contributed by atoms with Crippen molar-refractivity contribution in [3.63, 3.8) is 0 Å². The Bertz CT molecular complexity index is 716. The summed E-state index contributed by atoms with van der Waals surface area (Å²) in [5.41, 5.74) is 2.94. The Hall–Kier alpha value is -0.640. The van der Waals surface area contributed by atoms with Gasteiger partial charge in [-0.2, -0.15) is 0 Å². The normalized spacial score (nSPS) is 43.1. The first-order valence-corrected chi connectivity index (χ1v) is 12.4. The van der Waals surface area contributed by atoms with E-state index in [0.29, 0.717) is 35.5 Å². The van der Waals surface area contributed by atoms with Crippen LogP contribution in [0.2, 0.25) is 0 Å². The zero-order valence-electron chi connectivity index (χ0n) is 19.8. The molecule has 0 aliphatic heterocycles. The van der Waals surface area contributed by atoms with Crippen LogP contribution in [-0.2, 0) is 0 Å². The number of rotatable bonds is 5. The smallest absolute Gasteiger partial charge is 0.0616 e. The molecule has 0 unspecified atom stereocenters. The maximum atomic E-state index is 10.6. The fraction of sp³-hybridized carbons (Fsp3) is 0.852. The highest BCUT2D eigenvalue weighted by Crippen LogP contribution is 2.66. The van der Waals surface area contributed by atoms with Crippen molar-refractivity contribution in [2.45, 2.75) is 110 Å². The summed E-state index contributed by atoms with van der Waals surface area (Å²) in [6, 6.07) is 0. The zero-order valence-corrected chi connectivity index (χ0v) is 19.8. The molecule has 0 heterocycles. The Labute approximate surface area is 183 Å². The quantitative estimate of drug-likeness (QED) is 0.563. The number of fused-ring (bicyclic) bond motifs is 5. The summed E-state index contributed by atoms with van der Waals surface area (Å²) in [5, 5.41) is 30.8. The van der Waals surface area contributed by atoms with Gasteiger partial charge in [-0.3, -0.25) is 0 Å². The topological polar surface area (TPSA) is 60.7 Å². The number of aliphatic hydroxyl groups is 3. The van der Waals surface area contributed by atoms with Crippen LogP contribution in [0, 0.1) is 34.5 Å². The van der Waals surface area contributed by atoms with E-state index in [9.17, 15) is 15.3 Å². The monoisotopic (exact) mass is 416 g/mol. The summed E-state index contributed by atoms with van der Waals surface area (Å²) in [6.07, 6.45) is 13.5. The van der Waals surface area contributed by atoms with Gasteiger partial charge in [0.05, 0.1) is 17.8 Å². The number of aliphatic hydroxyl groups excluding tert-OH is 2. The molecule has 0 radical (unpaired) electrons. The minimum Gasteiger partial charge on any atom is -0.393 e. The molecule has 0 aromatic rings. The van der Waals surface area contributed by atoms with Gasteiger partial charge in [0.1, 0.15) is 0 Å². The molecule has 8 atom stereocenters. The summed E-state index contributed by atoms with van der Waals surface area (Å²) in [6.45, 7) is 10.9. The first-order chi connectivity index (χ1) is 13.9. The van der Waals surface area contributed by atoms with Crippen molar-refractivity contribution in [3.05, 3.63) is 23.3 Å². The van der Waals surface area contributed by atoms with Crippen LogP contribution in [0.4, 0.5) is 0 Å². The molecule has 3 N–H and O–H groups in total. The second-order valence-electron chi connectivity index (χ2n) is 12.4. The van der Waals surface area contributed by atoms with Crippen molar-refractivity contribution < 1.29 is 15.3 Å². The molecular formula is C27H44O3. The molecule has 4 aliphatic rings. The fourth-order valence-corrected chi connectivity index (χ4v) is 8.21. The molecule has 0 bridgehead atoms. The predicted molar refractivity (Wildman–Crippen MR) is 122 cm³/mol. The number of hydrogen-bond acceptors (Lipinski definition) is 3. The molecule has 170 valence electrons. The molecule has 3 heteroatoms. The van der Waals surface area contributed by atoms with Gasteiger partial charge >= 0.3 is 0 Å². The average molecular weight is 417 g/mol. The van der Waals surface area contributed by atoms with Crippen LogP contribution >= 0.6 is 0 Å². The van der Waals surface area contributed by atoms with E-state index in [1.54, 1.807) is 19.4 Å². The van der Waals surface area contributed by atoms with Gasteiger partial charge < -0.3 is 15.3 Å². The lowest BCUT2D eigenvalue weighted by Gasteiger charge is -2.55. The first-order valence-electron chi connectivity index (χ1n) is 12.4. The van der Waals surface area contributed by atoms with Gasteiger partial charge in [-0.15, -0.1) is 0 Å². The highest BCUT2D eigenvalue weighted by molar-refractivity contribution is 5.38. The van der Waals surface area contributed by atoms with Gasteiger partial charge in [-0.05, 0) is 99.7 Å². The highest BCUT2D eigenvalue weighted by Gasteiger charge is 2.57. The standard InChI is InChI=1S/C27H44O3/c1-17(14-20(29)16-25(2,3)30)22-8-9-23-21-7-6-18-15-19(28)10-12-26(18,4)24(21)11-13-27(22,23)5/h6-7,17,19-20,22-24,28-30H,8-16H2,1-5H3/t17-,19+,20+,22-,23+,24+,26+,27-/m1/s1. The van der Waals surface area contributed by atoms with E-state index in [0.717, 1.165) is 25.7 Å². The fourth-order valence-electron chi connectivity index (χ4n) is 8.21. The van der Waals surface area contributed by atoms with Gasteiger partial charge in [0.15, 0.2) is 0 Å². The first kappa shape index (κ1) is 22.6. The van der Waals surface area contributed by atoms with E-state index >= 15 is 0 Å². The van der Waals surface area contributed by atoms with Crippen molar-refractivity contribution in [1.82, 2.24) is 0 Å². The average Bonchev–Trinajstić information content (AvgIpc) is 2.98. The molecule has 4 rings (SSSR count). The predicted octanol–water partition coefficient (Wildman–Crippen LogP) is 5.39. The van der Waals surface area contributed by atoms with E-state index in [1.165, 1.54) is 31.3 Å². The van der Waals surface area contributed by atoms with Gasteiger partial charge in [0.25, 0.3) is 0 Å². The Morgan fingerprint density at radius 1 is 1.07 bits per heavy atom. The van der Waals surface area contributed by atoms with E-state index in [4.69, 9.17) is 0 Å². The van der Waals surface area contributed by atoms with E-state index in [2.05, 4.69) is 32.9 Å². The molecule has 0 spiro atoms. The second-order valence-corrected chi connectivity index (χ2v) is 12.4. The van der Waals surface area contributed by atoms with E-state index in [1.807, 2.05) is 0 Å². The summed E-state index contributed by atoms with van der Waals surface area (Å²) in [4.78, 5) is 0. The Morgan fingerprint density at radius 3 is 2.50 bits per heavy atom. The Morgan fingerprint density at radius 2 is 1.80 bits per heavy atom. The van der Waals surface area contributed by atoms with Crippen LogP contribution in [0.15, 0.2) is 23.3 Å². The lowest BCUT2D eigenvalue weighted by Crippen LogP contribution is -2.46. The van der Waals surface area contributed by atoms with Crippen molar-refractivity contribution in [1.29, 1.82) is 0 Å². The van der Waals surface area contributed by atoms with Gasteiger partial charge in [-0.25, -0.2) is 0 Å². The van der Waals surface area contributed by atoms with Crippen LogP contribution in [0.5, 0.6) is 0 Å². The molecule has 0 saturated heterocycles. The summed E-state index contributed by atoms with van der Waals surface area (Å²) in [5.74, 6) is 2.44. The van der Waals surface area contributed by atoms with Gasteiger partial charge in [0.2, 0.25) is 0 Å². The Kier molecular flexibility index (Phi) is 5.82. The molecule has 3 saturated carbocycles. The lowest BCUT2D eigenvalue weighted by atomic mass is 9.50. The van der Waals surface area contributed by atoms with E-state index in [-0.39, 0.29) is 11.5 Å². The van der Waals surface area contributed by atoms with Crippen LogP contribution in [0.3, 0.4) is 0 Å². The van der Waals surface area contributed by atoms with Crippen molar-refractivity contribution >= 4 is 0 Å². The molecule has 3 fully saturated rings. The summed E-state index contributed by atoms with van der Waals surface area (Å²) in [7, 11) is 0. The zero-order chi connectivity index (χ0) is 21.9. The van der Waals surface area contributed by atoms with Crippen molar-refractivity contribution in [2.75, 3.05) is 0 Å². The van der Waals surface area contributed by atoms with Crippen LogP contribution in [0.1, 0.15) is 92.4 Å². The maximum Gasteiger partial charge on any atom is 0.0616 e. The maximum absolute atomic E-state index is 10.6. The third-order valence-corrected chi connectivity index (χ3v) is 9.68. The van der Waals surface area contributed by atoms with Crippen molar-refractivity contribution in [3.8, 4) is 0 Å². The molecule has 3 nitrogen and oxygen atoms in total. The SMILES string of the molecule is C[C@H](C[C@H](O)CC(C)(C)O)[C@H]1CC[C@H]2C3=CC=C4C[C@@H](O)CC[C@]4(C)[C@H]3CC[C@]12C. The van der Waals surface area contributed by atoms with Gasteiger partial charge in [-0.1, -0.05) is 44.1 Å². The summed E-state index contributed by atoms with van der Waals surface area (Å²) < 4.78 is 0. The van der Waals surface area contributed by atoms with Crippen LogP contribution in [-0.4, -0.2) is 33.1 Å². The van der Waals surface area contributed by atoms with Crippen molar-refractivity contribution in [2.24, 2.45) is 34.5 Å². The minimum absolute atomic E-state index is 0.153. The second kappa shape index (κ2) is 7.74. The molecule has 0 amide bonds. The molecule has 0 aromatic heterocycles. The number of hydrogen-bond donors (Lipinski definition) is 3. The largest absolute Gasteiger partial charge is 0.393 e. The molecule has 4 aliphatic carbocycles. The van der Waals surface area contributed by atoms with Crippen LogP contribution in [0.25, 0.3) is 0 Å². The van der Waals surface area contributed by atoms with Crippen LogP contribution < -0.4 is 0 Å². The summed E-state index contributed by atoms with van der Waals surface area (Å²) >= 11 is 0. The molecular weight excluding hydrogens is 372 g/mol. The minimum atomic E-state index is -0.806. The molecule has 0 aromatic carbocycles. The lowest BCUT2D eigenvalue weighted by molar-refractivity contribution is -0.00489. The third-order valence-electron chi connectivity index (χ3n) is 9.68.